The summed E-state index contributed by atoms with van der Waals surface area (Å²) in [5, 5.41) is 6.07. The van der Waals surface area contributed by atoms with Gasteiger partial charge >= 0.3 is 0 Å². The van der Waals surface area contributed by atoms with Crippen molar-refractivity contribution in [3.05, 3.63) is 75.7 Å². The van der Waals surface area contributed by atoms with Gasteiger partial charge in [-0.1, -0.05) is 53.5 Å². The number of nitrogens with zero attached hydrogens (tertiary/aromatic N) is 5. The molecule has 0 radical (unpaired) electrons. The fraction of sp³-hybridized carbons (Fsp3) is 0.333. The maximum atomic E-state index is 6.68. The van der Waals surface area contributed by atoms with E-state index in [1.54, 1.807) is 6.20 Å². The number of halogens is 2. The Morgan fingerprint density at radius 3 is 2.36 bits per heavy atom. The van der Waals surface area contributed by atoms with Gasteiger partial charge in [0.15, 0.2) is 0 Å². The summed E-state index contributed by atoms with van der Waals surface area (Å²) in [6.45, 7) is 7.34. The average molecular weight is 416 g/mol. The van der Waals surface area contributed by atoms with Crippen LogP contribution in [0, 0.1) is 6.92 Å². The number of aromatic nitrogens is 3. The smallest absolute Gasteiger partial charge is 0.132 e. The lowest BCUT2D eigenvalue weighted by molar-refractivity contribution is 0.249. The number of hydrogen-bond donors (Lipinski definition) is 0. The van der Waals surface area contributed by atoms with E-state index in [2.05, 4.69) is 32.0 Å². The molecular weight excluding hydrogens is 393 g/mol. The molecule has 146 valence electrons. The Labute approximate surface area is 175 Å². The molecule has 1 saturated heterocycles. The van der Waals surface area contributed by atoms with Crippen molar-refractivity contribution in [1.82, 2.24) is 19.7 Å². The van der Waals surface area contributed by atoms with Crippen LogP contribution in [-0.2, 0) is 13.1 Å². The molecule has 5 nitrogen and oxygen atoms in total. The summed E-state index contributed by atoms with van der Waals surface area (Å²) < 4.78 is 1.90. The van der Waals surface area contributed by atoms with Gasteiger partial charge in [-0.15, -0.1) is 0 Å². The minimum Gasteiger partial charge on any atom is -0.354 e. The van der Waals surface area contributed by atoms with Crippen LogP contribution in [0.2, 0.25) is 10.2 Å². The molecule has 0 aliphatic carbocycles. The molecule has 1 aliphatic rings. The van der Waals surface area contributed by atoms with Gasteiger partial charge in [-0.2, -0.15) is 5.10 Å². The highest BCUT2D eigenvalue weighted by Crippen LogP contribution is 2.24. The molecular formula is C21H23Cl2N5. The fourth-order valence-electron chi connectivity index (χ4n) is 3.54. The van der Waals surface area contributed by atoms with Crippen molar-refractivity contribution in [1.29, 1.82) is 0 Å². The first kappa shape index (κ1) is 19.2. The Balaban J connectivity index is 1.39. The predicted octanol–water partition coefficient (Wildman–Crippen LogP) is 4.26. The number of rotatable bonds is 5. The number of benzene rings is 1. The summed E-state index contributed by atoms with van der Waals surface area (Å²) in [4.78, 5) is 9.14. The van der Waals surface area contributed by atoms with E-state index in [0.29, 0.717) is 11.6 Å². The van der Waals surface area contributed by atoms with Crippen molar-refractivity contribution in [3.8, 4) is 0 Å². The average Bonchev–Trinajstić information content (AvgIpc) is 2.97. The van der Waals surface area contributed by atoms with Crippen LogP contribution in [0.1, 0.15) is 16.8 Å². The third kappa shape index (κ3) is 4.32. The van der Waals surface area contributed by atoms with Crippen LogP contribution in [0.5, 0.6) is 0 Å². The quantitative estimate of drug-likeness (QED) is 0.623. The Morgan fingerprint density at radius 1 is 0.929 bits per heavy atom. The number of aryl methyl sites for hydroxylation is 1. The molecule has 28 heavy (non-hydrogen) atoms. The van der Waals surface area contributed by atoms with E-state index in [1.807, 2.05) is 41.9 Å². The van der Waals surface area contributed by atoms with Crippen molar-refractivity contribution in [2.75, 3.05) is 31.1 Å². The van der Waals surface area contributed by atoms with E-state index in [-0.39, 0.29) is 0 Å². The zero-order valence-corrected chi connectivity index (χ0v) is 17.4. The molecule has 2 aromatic heterocycles. The summed E-state index contributed by atoms with van der Waals surface area (Å²) in [6, 6.07) is 14.1. The van der Waals surface area contributed by atoms with E-state index in [0.717, 1.165) is 55.0 Å². The van der Waals surface area contributed by atoms with Gasteiger partial charge in [0.1, 0.15) is 11.0 Å². The normalized spacial score (nSPS) is 15.2. The van der Waals surface area contributed by atoms with E-state index < -0.39 is 0 Å². The van der Waals surface area contributed by atoms with Gasteiger partial charge in [0.05, 0.1) is 17.3 Å². The zero-order valence-electron chi connectivity index (χ0n) is 15.9. The molecule has 0 atom stereocenters. The van der Waals surface area contributed by atoms with Crippen LogP contribution in [-0.4, -0.2) is 45.8 Å². The van der Waals surface area contributed by atoms with Gasteiger partial charge < -0.3 is 4.90 Å². The first-order valence-electron chi connectivity index (χ1n) is 9.45. The highest BCUT2D eigenvalue weighted by atomic mass is 35.5. The summed E-state index contributed by atoms with van der Waals surface area (Å²) >= 11 is 12.6. The molecule has 0 bridgehead atoms. The minimum absolute atomic E-state index is 0.667. The fourth-order valence-corrected chi connectivity index (χ4v) is 3.95. The molecule has 3 aromatic rings. The highest BCUT2D eigenvalue weighted by molar-refractivity contribution is 6.30. The SMILES string of the molecule is Cc1nn(Cc2ccccc2)c(Cl)c1CN1CCN(c2ccc(Cl)cn2)CC1. The predicted molar refractivity (Wildman–Crippen MR) is 114 cm³/mol. The summed E-state index contributed by atoms with van der Waals surface area (Å²) in [7, 11) is 0. The van der Waals surface area contributed by atoms with E-state index >= 15 is 0 Å². The summed E-state index contributed by atoms with van der Waals surface area (Å²) in [6.07, 6.45) is 1.70. The minimum atomic E-state index is 0.667. The van der Waals surface area contributed by atoms with Gasteiger partial charge in [-0.25, -0.2) is 9.67 Å². The van der Waals surface area contributed by atoms with Gasteiger partial charge in [0.25, 0.3) is 0 Å². The van der Waals surface area contributed by atoms with Crippen molar-refractivity contribution in [2.45, 2.75) is 20.0 Å². The van der Waals surface area contributed by atoms with Crippen LogP contribution in [0.25, 0.3) is 0 Å². The van der Waals surface area contributed by atoms with Crippen molar-refractivity contribution in [2.24, 2.45) is 0 Å². The van der Waals surface area contributed by atoms with Crippen LogP contribution < -0.4 is 4.90 Å². The first-order valence-corrected chi connectivity index (χ1v) is 10.2. The number of piperazine rings is 1. The van der Waals surface area contributed by atoms with Crippen molar-refractivity contribution < 1.29 is 0 Å². The molecule has 3 heterocycles. The maximum absolute atomic E-state index is 6.68. The van der Waals surface area contributed by atoms with Crippen LogP contribution in [0.15, 0.2) is 48.7 Å². The summed E-state index contributed by atoms with van der Waals surface area (Å²) in [5.74, 6) is 0.981. The van der Waals surface area contributed by atoms with Crippen molar-refractivity contribution >= 4 is 29.0 Å². The Kier molecular flexibility index (Phi) is 5.85. The van der Waals surface area contributed by atoms with Gasteiger partial charge in [0.2, 0.25) is 0 Å². The highest BCUT2D eigenvalue weighted by Gasteiger charge is 2.21. The Morgan fingerprint density at radius 2 is 1.68 bits per heavy atom. The largest absolute Gasteiger partial charge is 0.354 e. The molecule has 1 fully saturated rings. The second kappa shape index (κ2) is 8.52. The molecule has 1 aromatic carbocycles. The van der Waals surface area contributed by atoms with Gasteiger partial charge in [-0.05, 0) is 24.6 Å². The lowest BCUT2D eigenvalue weighted by Gasteiger charge is -2.35. The standard InChI is InChI=1S/C21H23Cl2N5/c1-16-19(21(23)28(25-16)14-17-5-3-2-4-6-17)15-26-9-11-27(12-10-26)20-8-7-18(22)13-24-20/h2-8,13H,9-12,14-15H2,1H3. The third-order valence-corrected chi connectivity index (χ3v) is 5.79. The topological polar surface area (TPSA) is 37.2 Å². The molecule has 0 amide bonds. The molecule has 0 saturated carbocycles. The van der Waals surface area contributed by atoms with Crippen molar-refractivity contribution in [3.63, 3.8) is 0 Å². The van der Waals surface area contributed by atoms with E-state index in [4.69, 9.17) is 23.2 Å². The lowest BCUT2D eigenvalue weighted by atomic mass is 10.2. The monoisotopic (exact) mass is 415 g/mol. The second-order valence-electron chi connectivity index (χ2n) is 7.10. The Bertz CT molecular complexity index is 916. The van der Waals surface area contributed by atoms with Crippen LogP contribution >= 0.6 is 23.2 Å². The van der Waals surface area contributed by atoms with Crippen LogP contribution in [0.3, 0.4) is 0 Å². The second-order valence-corrected chi connectivity index (χ2v) is 7.89. The number of anilines is 1. The van der Waals surface area contributed by atoms with E-state index in [1.165, 1.54) is 5.56 Å². The maximum Gasteiger partial charge on any atom is 0.132 e. The van der Waals surface area contributed by atoms with Gasteiger partial charge in [0, 0.05) is 44.5 Å². The molecule has 7 heteroatoms. The lowest BCUT2D eigenvalue weighted by Crippen LogP contribution is -2.46. The van der Waals surface area contributed by atoms with Gasteiger partial charge in [-0.3, -0.25) is 4.90 Å². The first-order chi connectivity index (χ1) is 13.6. The molecule has 4 rings (SSSR count). The molecule has 0 spiro atoms. The third-order valence-electron chi connectivity index (χ3n) is 5.15. The zero-order chi connectivity index (χ0) is 19.5. The number of pyridine rings is 1. The molecule has 1 aliphatic heterocycles. The molecule has 0 N–H and O–H groups in total. The van der Waals surface area contributed by atoms with Crippen LogP contribution in [0.4, 0.5) is 5.82 Å². The molecule has 0 unspecified atom stereocenters. The number of hydrogen-bond acceptors (Lipinski definition) is 4. The van der Waals surface area contributed by atoms with E-state index in [9.17, 15) is 0 Å². The summed E-state index contributed by atoms with van der Waals surface area (Å²) in [5.41, 5.74) is 3.32. The Hall–Kier alpha value is -2.08.